The highest BCUT2D eigenvalue weighted by atomic mass is 19.4. The van der Waals surface area contributed by atoms with E-state index in [0.717, 1.165) is 4.90 Å². The van der Waals surface area contributed by atoms with E-state index in [-0.39, 0.29) is 6.61 Å². The maximum atomic E-state index is 12.8. The third-order valence-corrected chi connectivity index (χ3v) is 3.52. The Hall–Kier alpha value is -2.25. The molecule has 0 aliphatic carbocycles. The molecule has 0 aromatic heterocycles. The van der Waals surface area contributed by atoms with Gasteiger partial charge in [-0.05, 0) is 5.56 Å². The first-order chi connectivity index (χ1) is 10.3. The van der Waals surface area contributed by atoms with Gasteiger partial charge in [-0.1, -0.05) is 30.3 Å². The fourth-order valence-corrected chi connectivity index (χ4v) is 2.35. The summed E-state index contributed by atoms with van der Waals surface area (Å²) in [5.41, 5.74) is 0.692. The first-order valence-electron chi connectivity index (χ1n) is 6.54. The number of benzene rings is 1. The van der Waals surface area contributed by atoms with Crippen molar-refractivity contribution >= 4 is 12.1 Å². The molecule has 8 heteroatoms. The van der Waals surface area contributed by atoms with Crippen molar-refractivity contribution in [3.8, 4) is 0 Å². The van der Waals surface area contributed by atoms with Gasteiger partial charge < -0.3 is 14.7 Å². The van der Waals surface area contributed by atoms with Gasteiger partial charge in [0.1, 0.15) is 6.61 Å². The van der Waals surface area contributed by atoms with Crippen molar-refractivity contribution in [3.63, 3.8) is 0 Å². The van der Waals surface area contributed by atoms with Gasteiger partial charge >= 0.3 is 18.2 Å². The van der Waals surface area contributed by atoms with Crippen molar-refractivity contribution in [2.75, 3.05) is 13.1 Å². The zero-order valence-electron chi connectivity index (χ0n) is 11.4. The van der Waals surface area contributed by atoms with Gasteiger partial charge in [-0.3, -0.25) is 4.79 Å². The summed E-state index contributed by atoms with van der Waals surface area (Å²) < 4.78 is 43.4. The molecule has 0 bridgehead atoms. The number of rotatable bonds is 3. The number of carboxylic acid groups (broad SMARTS) is 1. The lowest BCUT2D eigenvalue weighted by Crippen LogP contribution is -2.34. The molecule has 22 heavy (non-hydrogen) atoms. The minimum absolute atomic E-state index is 0.0788. The van der Waals surface area contributed by atoms with Gasteiger partial charge in [0.2, 0.25) is 0 Å². The highest BCUT2D eigenvalue weighted by molar-refractivity contribution is 5.74. The molecule has 0 radical (unpaired) electrons. The van der Waals surface area contributed by atoms with Crippen LogP contribution in [0.4, 0.5) is 18.0 Å². The number of amides is 1. The first-order valence-corrected chi connectivity index (χ1v) is 6.54. The molecule has 1 N–H and O–H groups in total. The van der Waals surface area contributed by atoms with Crippen LogP contribution in [0.2, 0.25) is 0 Å². The Bertz CT molecular complexity index is 547. The van der Waals surface area contributed by atoms with Crippen LogP contribution in [0.15, 0.2) is 30.3 Å². The van der Waals surface area contributed by atoms with Gasteiger partial charge in [-0.15, -0.1) is 0 Å². The number of carbonyl (C=O) groups is 2. The predicted molar refractivity (Wildman–Crippen MR) is 68.9 cm³/mol. The molecule has 1 heterocycles. The summed E-state index contributed by atoms with van der Waals surface area (Å²) >= 11 is 0. The number of hydrogen-bond donors (Lipinski definition) is 1. The molecule has 1 aliphatic heterocycles. The molecule has 1 fully saturated rings. The predicted octanol–water partition coefficient (Wildman–Crippen LogP) is 2.52. The number of alkyl halides is 3. The first kappa shape index (κ1) is 16.1. The summed E-state index contributed by atoms with van der Waals surface area (Å²) in [4.78, 5) is 23.5. The van der Waals surface area contributed by atoms with E-state index in [2.05, 4.69) is 0 Å². The van der Waals surface area contributed by atoms with Crippen LogP contribution in [0.25, 0.3) is 0 Å². The smallest absolute Gasteiger partial charge is 0.410 e. The number of likely N-dealkylation sites (tertiary alicyclic amines) is 1. The second-order valence-electron chi connectivity index (χ2n) is 5.04. The summed E-state index contributed by atoms with van der Waals surface area (Å²) in [7, 11) is 0. The second kappa shape index (κ2) is 6.25. The maximum Gasteiger partial charge on any atom is 0.410 e. The minimum atomic E-state index is -4.67. The largest absolute Gasteiger partial charge is 0.481 e. The molecule has 1 saturated heterocycles. The molecule has 5 nitrogen and oxygen atoms in total. The van der Waals surface area contributed by atoms with Crippen molar-refractivity contribution in [2.45, 2.75) is 12.8 Å². The van der Waals surface area contributed by atoms with Crippen LogP contribution >= 0.6 is 0 Å². The van der Waals surface area contributed by atoms with Crippen LogP contribution in [0.5, 0.6) is 0 Å². The van der Waals surface area contributed by atoms with Crippen molar-refractivity contribution in [3.05, 3.63) is 35.9 Å². The van der Waals surface area contributed by atoms with E-state index < -0.39 is 43.2 Å². The van der Waals surface area contributed by atoms with E-state index in [1.807, 2.05) is 0 Å². The SMILES string of the molecule is O=C(O)[C@@H]1CN(C(=O)OCc2ccccc2)C[C@H]1C(F)(F)F. The molecular formula is C14H14F3NO4. The van der Waals surface area contributed by atoms with Gasteiger partial charge in [0.25, 0.3) is 0 Å². The number of carboxylic acids is 1. The van der Waals surface area contributed by atoms with Crippen molar-refractivity contribution in [1.82, 2.24) is 4.90 Å². The highest BCUT2D eigenvalue weighted by Crippen LogP contribution is 2.37. The van der Waals surface area contributed by atoms with Gasteiger partial charge in [0, 0.05) is 13.1 Å². The van der Waals surface area contributed by atoms with Crippen molar-refractivity contribution in [2.24, 2.45) is 11.8 Å². The molecular weight excluding hydrogens is 303 g/mol. The zero-order chi connectivity index (χ0) is 16.3. The lowest BCUT2D eigenvalue weighted by molar-refractivity contribution is -0.188. The average molecular weight is 317 g/mol. The van der Waals surface area contributed by atoms with Crippen LogP contribution in [0.1, 0.15) is 5.56 Å². The molecule has 1 aromatic rings. The molecule has 0 spiro atoms. The van der Waals surface area contributed by atoms with E-state index in [9.17, 15) is 22.8 Å². The molecule has 0 saturated carbocycles. The number of nitrogens with zero attached hydrogens (tertiary/aromatic N) is 1. The second-order valence-corrected chi connectivity index (χ2v) is 5.04. The Morgan fingerprint density at radius 2 is 1.86 bits per heavy atom. The molecule has 1 aliphatic rings. The molecule has 1 aromatic carbocycles. The molecule has 2 atom stereocenters. The van der Waals surface area contributed by atoms with Gasteiger partial charge in [-0.2, -0.15) is 13.2 Å². The average Bonchev–Trinajstić information content (AvgIpc) is 2.91. The van der Waals surface area contributed by atoms with E-state index >= 15 is 0 Å². The normalized spacial score (nSPS) is 21.7. The van der Waals surface area contributed by atoms with Crippen LogP contribution in [-0.2, 0) is 16.1 Å². The molecule has 120 valence electrons. The Morgan fingerprint density at radius 3 is 2.36 bits per heavy atom. The van der Waals surface area contributed by atoms with Crippen molar-refractivity contribution in [1.29, 1.82) is 0 Å². The van der Waals surface area contributed by atoms with Gasteiger partial charge in [0.05, 0.1) is 11.8 Å². The van der Waals surface area contributed by atoms with E-state index in [1.54, 1.807) is 30.3 Å². The number of ether oxygens (including phenoxy) is 1. The van der Waals surface area contributed by atoms with Crippen molar-refractivity contribution < 1.29 is 32.6 Å². The fraction of sp³-hybridized carbons (Fsp3) is 0.429. The Labute approximate surface area is 124 Å². The summed E-state index contributed by atoms with van der Waals surface area (Å²) in [5, 5.41) is 8.88. The Morgan fingerprint density at radius 1 is 1.23 bits per heavy atom. The Balaban J connectivity index is 1.98. The van der Waals surface area contributed by atoms with E-state index in [4.69, 9.17) is 9.84 Å². The van der Waals surface area contributed by atoms with E-state index in [1.165, 1.54) is 0 Å². The lowest BCUT2D eigenvalue weighted by Gasteiger charge is -2.18. The van der Waals surface area contributed by atoms with E-state index in [0.29, 0.717) is 5.56 Å². The van der Waals surface area contributed by atoms with Gasteiger partial charge in [-0.25, -0.2) is 4.79 Å². The molecule has 2 rings (SSSR count). The minimum Gasteiger partial charge on any atom is -0.481 e. The number of halogens is 3. The third-order valence-electron chi connectivity index (χ3n) is 3.52. The van der Waals surface area contributed by atoms with Crippen LogP contribution in [0, 0.1) is 11.8 Å². The van der Waals surface area contributed by atoms with Crippen LogP contribution in [-0.4, -0.2) is 41.3 Å². The Kier molecular flexibility index (Phi) is 4.58. The summed E-state index contributed by atoms with van der Waals surface area (Å²) in [6.07, 6.45) is -5.61. The number of carbonyl (C=O) groups excluding carboxylic acids is 1. The standard InChI is InChI=1S/C14H14F3NO4/c15-14(16,17)11-7-18(6-10(11)12(19)20)13(21)22-8-9-4-2-1-3-5-9/h1-5,10-11H,6-8H2,(H,19,20)/t10-,11-/m1/s1. The summed E-state index contributed by atoms with van der Waals surface area (Å²) in [6, 6.07) is 8.65. The molecule has 1 amide bonds. The zero-order valence-corrected chi connectivity index (χ0v) is 11.4. The summed E-state index contributed by atoms with van der Waals surface area (Å²) in [5.74, 6) is -5.31. The molecule has 0 unspecified atom stereocenters. The maximum absolute atomic E-state index is 12.8. The van der Waals surface area contributed by atoms with Gasteiger partial charge in [0.15, 0.2) is 0 Å². The summed E-state index contributed by atoms with van der Waals surface area (Å²) in [6.45, 7) is -1.29. The fourth-order valence-electron chi connectivity index (χ4n) is 2.35. The number of aliphatic carboxylic acids is 1. The monoisotopic (exact) mass is 317 g/mol. The van der Waals surface area contributed by atoms with Crippen LogP contribution < -0.4 is 0 Å². The lowest BCUT2D eigenvalue weighted by atomic mass is 9.96. The third kappa shape index (κ3) is 3.69. The topological polar surface area (TPSA) is 66.8 Å². The van der Waals surface area contributed by atoms with Crippen LogP contribution in [0.3, 0.4) is 0 Å². The quantitative estimate of drug-likeness (QED) is 0.930. The number of hydrogen-bond acceptors (Lipinski definition) is 3. The highest BCUT2D eigenvalue weighted by Gasteiger charge is 2.53.